The summed E-state index contributed by atoms with van der Waals surface area (Å²) in [5.41, 5.74) is 3.48. The quantitative estimate of drug-likeness (QED) is 0.912. The molecular formula is C17H24N4O2. The molecule has 0 saturated heterocycles. The first-order chi connectivity index (χ1) is 11.1. The summed E-state index contributed by atoms with van der Waals surface area (Å²) in [6, 6.07) is 6.10. The third-order valence-corrected chi connectivity index (χ3v) is 3.97. The number of hydrogen-bond donors (Lipinski definition) is 1. The maximum Gasteiger partial charge on any atom is 0.161 e. The number of aryl methyl sites for hydroxylation is 2. The maximum atomic E-state index is 5.63. The molecule has 0 aliphatic carbocycles. The van der Waals surface area contributed by atoms with Gasteiger partial charge in [-0.15, -0.1) is 0 Å². The lowest BCUT2D eigenvalue weighted by Crippen LogP contribution is -2.19. The Morgan fingerprint density at radius 2 is 1.91 bits per heavy atom. The van der Waals surface area contributed by atoms with Crippen LogP contribution >= 0.6 is 0 Å². The van der Waals surface area contributed by atoms with Gasteiger partial charge in [-0.05, 0) is 24.6 Å². The molecule has 0 unspecified atom stereocenters. The highest BCUT2D eigenvalue weighted by atomic mass is 16.6. The van der Waals surface area contributed by atoms with E-state index < -0.39 is 0 Å². The van der Waals surface area contributed by atoms with Gasteiger partial charge in [-0.3, -0.25) is 4.68 Å². The van der Waals surface area contributed by atoms with Crippen LogP contribution in [-0.4, -0.2) is 37.1 Å². The molecule has 124 valence electrons. The van der Waals surface area contributed by atoms with E-state index in [1.807, 2.05) is 44.9 Å². The van der Waals surface area contributed by atoms with E-state index in [0.29, 0.717) is 13.2 Å². The van der Waals surface area contributed by atoms with Gasteiger partial charge in [0.2, 0.25) is 0 Å². The normalized spacial score (nSPS) is 13.2. The third kappa shape index (κ3) is 3.27. The molecule has 1 aliphatic heterocycles. The van der Waals surface area contributed by atoms with Crippen LogP contribution in [-0.2, 0) is 20.1 Å². The fourth-order valence-electron chi connectivity index (χ4n) is 2.99. The highest BCUT2D eigenvalue weighted by Crippen LogP contribution is 2.30. The molecule has 1 aromatic carbocycles. The zero-order valence-corrected chi connectivity index (χ0v) is 14.2. The molecule has 0 atom stereocenters. The molecule has 0 spiro atoms. The lowest BCUT2D eigenvalue weighted by molar-refractivity contribution is 0.171. The van der Waals surface area contributed by atoms with Crippen LogP contribution in [0.4, 0.5) is 5.82 Å². The second-order valence-electron chi connectivity index (χ2n) is 5.99. The minimum Gasteiger partial charge on any atom is -0.486 e. The van der Waals surface area contributed by atoms with Crippen molar-refractivity contribution in [2.75, 3.05) is 32.2 Å². The van der Waals surface area contributed by atoms with Crippen LogP contribution in [0, 0.1) is 6.92 Å². The molecule has 2 aromatic rings. The molecule has 1 aliphatic rings. The monoisotopic (exact) mass is 316 g/mol. The molecule has 1 aromatic heterocycles. The summed E-state index contributed by atoms with van der Waals surface area (Å²) in [5, 5.41) is 8.01. The summed E-state index contributed by atoms with van der Waals surface area (Å²) in [5.74, 6) is 2.80. The first-order valence-electron chi connectivity index (χ1n) is 7.85. The topological polar surface area (TPSA) is 51.6 Å². The molecule has 23 heavy (non-hydrogen) atoms. The van der Waals surface area contributed by atoms with Gasteiger partial charge in [0.1, 0.15) is 19.0 Å². The molecule has 0 amide bonds. The highest BCUT2D eigenvalue weighted by molar-refractivity contribution is 5.49. The predicted octanol–water partition coefficient (Wildman–Crippen LogP) is 1.86. The Labute approximate surface area is 137 Å². The Balaban J connectivity index is 1.66. The zero-order valence-electron chi connectivity index (χ0n) is 14.2. The predicted molar refractivity (Wildman–Crippen MR) is 90.2 cm³/mol. The van der Waals surface area contributed by atoms with Crippen LogP contribution in [0.1, 0.15) is 16.8 Å². The van der Waals surface area contributed by atoms with E-state index in [1.165, 1.54) is 11.1 Å². The van der Waals surface area contributed by atoms with Crippen molar-refractivity contribution in [3.63, 3.8) is 0 Å². The van der Waals surface area contributed by atoms with E-state index >= 15 is 0 Å². The van der Waals surface area contributed by atoms with Crippen molar-refractivity contribution in [3.8, 4) is 11.5 Å². The fraction of sp³-hybridized carbons (Fsp3) is 0.471. The van der Waals surface area contributed by atoms with Gasteiger partial charge in [-0.1, -0.05) is 6.07 Å². The smallest absolute Gasteiger partial charge is 0.161 e. The minimum absolute atomic E-state index is 0.616. The lowest BCUT2D eigenvalue weighted by atomic mass is 10.1. The Hall–Kier alpha value is -2.21. The van der Waals surface area contributed by atoms with E-state index in [-0.39, 0.29) is 0 Å². The number of benzene rings is 1. The first kappa shape index (κ1) is 15.7. The standard InChI is InChI=1S/C17H24N4O2/c1-12-14(17(20(2)3)21(4)19-12)11-18-10-13-5-6-15-16(9-13)23-8-7-22-15/h5-6,9,18H,7-8,10-11H2,1-4H3. The number of rotatable bonds is 5. The first-order valence-corrected chi connectivity index (χ1v) is 7.85. The molecule has 6 heteroatoms. The average Bonchev–Trinajstić information content (AvgIpc) is 2.81. The van der Waals surface area contributed by atoms with Gasteiger partial charge >= 0.3 is 0 Å². The number of anilines is 1. The molecule has 2 heterocycles. The van der Waals surface area contributed by atoms with Crippen molar-refractivity contribution in [3.05, 3.63) is 35.0 Å². The van der Waals surface area contributed by atoms with E-state index in [1.54, 1.807) is 0 Å². The fourth-order valence-corrected chi connectivity index (χ4v) is 2.99. The number of aromatic nitrogens is 2. The largest absolute Gasteiger partial charge is 0.486 e. The van der Waals surface area contributed by atoms with Crippen LogP contribution in [0.15, 0.2) is 18.2 Å². The van der Waals surface area contributed by atoms with Crippen LogP contribution in [0.5, 0.6) is 11.5 Å². The Kier molecular flexibility index (Phi) is 4.43. The summed E-state index contributed by atoms with van der Waals surface area (Å²) < 4.78 is 13.1. The Bertz CT molecular complexity index is 694. The summed E-state index contributed by atoms with van der Waals surface area (Å²) in [6.07, 6.45) is 0. The van der Waals surface area contributed by atoms with E-state index in [9.17, 15) is 0 Å². The van der Waals surface area contributed by atoms with Gasteiger partial charge in [0.05, 0.1) is 5.69 Å². The van der Waals surface area contributed by atoms with Crippen molar-refractivity contribution < 1.29 is 9.47 Å². The van der Waals surface area contributed by atoms with Crippen molar-refractivity contribution in [2.45, 2.75) is 20.0 Å². The molecule has 0 radical (unpaired) electrons. The second-order valence-corrected chi connectivity index (χ2v) is 5.99. The minimum atomic E-state index is 0.616. The molecular weight excluding hydrogens is 292 g/mol. The van der Waals surface area contributed by atoms with Gasteiger partial charge < -0.3 is 19.7 Å². The van der Waals surface area contributed by atoms with Crippen molar-refractivity contribution >= 4 is 5.82 Å². The summed E-state index contributed by atoms with van der Waals surface area (Å²) in [6.45, 7) is 4.84. The Morgan fingerprint density at radius 3 is 2.65 bits per heavy atom. The number of ether oxygens (including phenoxy) is 2. The van der Waals surface area contributed by atoms with Gasteiger partial charge in [0.25, 0.3) is 0 Å². The van der Waals surface area contributed by atoms with Crippen molar-refractivity contribution in [1.82, 2.24) is 15.1 Å². The molecule has 3 rings (SSSR count). The van der Waals surface area contributed by atoms with E-state index in [0.717, 1.165) is 36.1 Å². The summed E-state index contributed by atoms with van der Waals surface area (Å²) in [7, 11) is 6.06. The molecule has 0 bridgehead atoms. The summed E-state index contributed by atoms with van der Waals surface area (Å²) in [4.78, 5) is 2.10. The number of nitrogens with zero attached hydrogens (tertiary/aromatic N) is 3. The van der Waals surface area contributed by atoms with E-state index in [2.05, 4.69) is 21.4 Å². The lowest BCUT2D eigenvalue weighted by Gasteiger charge is -2.19. The molecule has 0 saturated carbocycles. The van der Waals surface area contributed by atoms with Crippen molar-refractivity contribution in [1.29, 1.82) is 0 Å². The van der Waals surface area contributed by atoms with Gasteiger partial charge in [0, 0.05) is 39.8 Å². The highest BCUT2D eigenvalue weighted by Gasteiger charge is 2.15. The SMILES string of the molecule is Cc1nn(C)c(N(C)C)c1CNCc1ccc2c(c1)OCCO2. The van der Waals surface area contributed by atoms with Gasteiger partial charge in [-0.2, -0.15) is 5.10 Å². The number of nitrogens with one attached hydrogen (secondary N) is 1. The van der Waals surface area contributed by atoms with Crippen molar-refractivity contribution in [2.24, 2.45) is 7.05 Å². The maximum absolute atomic E-state index is 5.63. The Morgan fingerprint density at radius 1 is 1.17 bits per heavy atom. The van der Waals surface area contributed by atoms with Crippen LogP contribution in [0.2, 0.25) is 0 Å². The summed E-state index contributed by atoms with van der Waals surface area (Å²) >= 11 is 0. The van der Waals surface area contributed by atoms with Crippen LogP contribution in [0.25, 0.3) is 0 Å². The molecule has 1 N–H and O–H groups in total. The number of hydrogen-bond acceptors (Lipinski definition) is 5. The van der Waals surface area contributed by atoms with Crippen LogP contribution in [0.3, 0.4) is 0 Å². The molecule has 0 fully saturated rings. The average molecular weight is 316 g/mol. The van der Waals surface area contributed by atoms with Crippen LogP contribution < -0.4 is 19.7 Å². The molecule has 6 nitrogen and oxygen atoms in total. The van der Waals surface area contributed by atoms with E-state index in [4.69, 9.17) is 9.47 Å². The zero-order chi connectivity index (χ0) is 16.4. The second kappa shape index (κ2) is 6.50. The number of fused-ring (bicyclic) bond motifs is 1. The van der Waals surface area contributed by atoms with Gasteiger partial charge in [-0.25, -0.2) is 0 Å². The third-order valence-electron chi connectivity index (χ3n) is 3.97. The van der Waals surface area contributed by atoms with Gasteiger partial charge in [0.15, 0.2) is 11.5 Å².